The summed E-state index contributed by atoms with van der Waals surface area (Å²) in [4.78, 5) is 1.45. The van der Waals surface area contributed by atoms with Crippen molar-refractivity contribution < 1.29 is 13.2 Å². The Morgan fingerprint density at radius 3 is 2.27 bits per heavy atom. The molecule has 0 spiro atoms. The van der Waals surface area contributed by atoms with Crippen LogP contribution in [0.5, 0.6) is 0 Å². The second-order valence-electron chi connectivity index (χ2n) is 3.86. The Bertz CT molecular complexity index is 161. The van der Waals surface area contributed by atoms with Gasteiger partial charge in [-0.25, -0.2) is 0 Å². The lowest BCUT2D eigenvalue weighted by Gasteiger charge is -2.23. The van der Waals surface area contributed by atoms with E-state index in [9.17, 15) is 13.2 Å². The van der Waals surface area contributed by atoms with E-state index in [-0.39, 0.29) is 0 Å². The molecule has 0 radical (unpaired) electrons. The third kappa shape index (κ3) is 9.18. The van der Waals surface area contributed by atoms with Crippen molar-refractivity contribution in [3.05, 3.63) is 0 Å². The van der Waals surface area contributed by atoms with E-state index in [1.807, 2.05) is 0 Å². The zero-order valence-corrected chi connectivity index (χ0v) is 10.9. The molecule has 0 aliphatic rings. The smallest absolute Gasteiger partial charge is 0.295 e. The molecule has 0 heterocycles. The predicted molar refractivity (Wildman–Crippen MR) is 60.4 cm³/mol. The lowest BCUT2D eigenvalue weighted by molar-refractivity contribution is -0.145. The van der Waals surface area contributed by atoms with Crippen LogP contribution in [0.4, 0.5) is 13.2 Å². The van der Waals surface area contributed by atoms with Crippen molar-refractivity contribution in [2.24, 2.45) is 5.92 Å². The third-order valence-corrected chi connectivity index (χ3v) is 2.85. The highest BCUT2D eigenvalue weighted by Crippen LogP contribution is 2.17. The predicted octanol–water partition coefficient (Wildman–Crippen LogP) is 3.68. The highest BCUT2D eigenvalue weighted by molar-refractivity contribution is 9.09. The number of alkyl halides is 4. The van der Waals surface area contributed by atoms with Crippen LogP contribution in [-0.2, 0) is 0 Å². The SMILES string of the molecule is CCN(CCC(C)CCBr)CC(F)(F)F. The largest absolute Gasteiger partial charge is 0.401 e. The summed E-state index contributed by atoms with van der Waals surface area (Å²) in [5.41, 5.74) is 0. The fraction of sp³-hybridized carbons (Fsp3) is 1.00. The van der Waals surface area contributed by atoms with Crippen LogP contribution < -0.4 is 0 Å². The van der Waals surface area contributed by atoms with E-state index < -0.39 is 12.7 Å². The molecule has 0 saturated carbocycles. The number of rotatable bonds is 7. The first-order chi connectivity index (χ1) is 6.89. The molecule has 0 aromatic carbocycles. The van der Waals surface area contributed by atoms with Gasteiger partial charge in [-0.2, -0.15) is 13.2 Å². The van der Waals surface area contributed by atoms with Crippen molar-refractivity contribution in [1.29, 1.82) is 0 Å². The maximum absolute atomic E-state index is 12.1. The summed E-state index contributed by atoms with van der Waals surface area (Å²) in [7, 11) is 0. The van der Waals surface area contributed by atoms with Crippen molar-refractivity contribution in [1.82, 2.24) is 4.90 Å². The molecule has 1 unspecified atom stereocenters. The lowest BCUT2D eigenvalue weighted by Crippen LogP contribution is -2.35. The van der Waals surface area contributed by atoms with E-state index in [0.717, 1.165) is 18.2 Å². The number of halogens is 4. The zero-order valence-electron chi connectivity index (χ0n) is 9.28. The van der Waals surface area contributed by atoms with Gasteiger partial charge in [0.1, 0.15) is 0 Å². The summed E-state index contributed by atoms with van der Waals surface area (Å²) in [6.45, 7) is 4.04. The summed E-state index contributed by atoms with van der Waals surface area (Å²) in [6, 6.07) is 0. The first kappa shape index (κ1) is 15.2. The Morgan fingerprint density at radius 2 is 1.87 bits per heavy atom. The second kappa shape index (κ2) is 7.49. The van der Waals surface area contributed by atoms with Crippen molar-refractivity contribution >= 4 is 15.9 Å². The van der Waals surface area contributed by atoms with Gasteiger partial charge < -0.3 is 0 Å². The lowest BCUT2D eigenvalue weighted by atomic mass is 10.1. The highest BCUT2D eigenvalue weighted by Gasteiger charge is 2.29. The summed E-state index contributed by atoms with van der Waals surface area (Å²) >= 11 is 3.33. The number of nitrogens with zero attached hydrogens (tertiary/aromatic N) is 1. The topological polar surface area (TPSA) is 3.24 Å². The molecule has 5 heteroatoms. The van der Waals surface area contributed by atoms with Crippen LogP contribution in [-0.4, -0.2) is 36.0 Å². The normalized spacial score (nSPS) is 14.6. The molecule has 0 aromatic rings. The molecule has 15 heavy (non-hydrogen) atoms. The molecular weight excluding hydrogens is 271 g/mol. The molecule has 0 amide bonds. The van der Waals surface area contributed by atoms with Crippen molar-refractivity contribution in [2.45, 2.75) is 32.9 Å². The summed E-state index contributed by atoms with van der Waals surface area (Å²) in [5, 5.41) is 0.916. The standard InChI is InChI=1S/C10H19BrF3N/c1-3-15(8-10(12,13)14)7-5-9(2)4-6-11/h9H,3-8H2,1-2H3. The van der Waals surface area contributed by atoms with E-state index in [2.05, 4.69) is 22.9 Å². The van der Waals surface area contributed by atoms with E-state index in [0.29, 0.717) is 19.0 Å². The van der Waals surface area contributed by atoms with Crippen molar-refractivity contribution in [2.75, 3.05) is 25.0 Å². The molecular formula is C10H19BrF3N. The van der Waals surface area contributed by atoms with Crippen LogP contribution in [0.1, 0.15) is 26.7 Å². The first-order valence-electron chi connectivity index (χ1n) is 5.24. The Labute approximate surface area is 98.1 Å². The summed E-state index contributed by atoms with van der Waals surface area (Å²) in [5.74, 6) is 0.478. The molecule has 1 nitrogen and oxygen atoms in total. The molecule has 0 N–H and O–H groups in total. The van der Waals surface area contributed by atoms with Crippen molar-refractivity contribution in [3.8, 4) is 0 Å². The maximum Gasteiger partial charge on any atom is 0.401 e. The Hall–Kier alpha value is 0.230. The second-order valence-corrected chi connectivity index (χ2v) is 4.65. The van der Waals surface area contributed by atoms with Crippen LogP contribution in [0.25, 0.3) is 0 Å². The molecule has 0 aliphatic heterocycles. The van der Waals surface area contributed by atoms with Gasteiger partial charge in [-0.1, -0.05) is 29.8 Å². The molecule has 1 atom stereocenters. The molecule has 0 saturated heterocycles. The zero-order chi connectivity index (χ0) is 11.9. The third-order valence-electron chi connectivity index (χ3n) is 2.39. The Balaban J connectivity index is 3.80. The minimum absolute atomic E-state index is 0.459. The number of hydrogen-bond acceptors (Lipinski definition) is 1. The first-order valence-corrected chi connectivity index (χ1v) is 6.36. The van der Waals surface area contributed by atoms with Crippen LogP contribution in [0.3, 0.4) is 0 Å². The fourth-order valence-electron chi connectivity index (χ4n) is 1.34. The van der Waals surface area contributed by atoms with Gasteiger partial charge in [-0.3, -0.25) is 4.90 Å². The van der Waals surface area contributed by atoms with Crippen LogP contribution in [0, 0.1) is 5.92 Å². The maximum atomic E-state index is 12.1. The minimum Gasteiger partial charge on any atom is -0.295 e. The number of hydrogen-bond donors (Lipinski definition) is 0. The highest BCUT2D eigenvalue weighted by atomic mass is 79.9. The van der Waals surface area contributed by atoms with Gasteiger partial charge in [0, 0.05) is 5.33 Å². The van der Waals surface area contributed by atoms with Gasteiger partial charge in [0.25, 0.3) is 0 Å². The Kier molecular flexibility index (Phi) is 7.61. The van der Waals surface area contributed by atoms with Gasteiger partial charge in [-0.05, 0) is 31.8 Å². The average Bonchev–Trinajstić information content (AvgIpc) is 2.11. The molecule has 0 aromatic heterocycles. The van der Waals surface area contributed by atoms with Gasteiger partial charge in [0.05, 0.1) is 6.54 Å². The van der Waals surface area contributed by atoms with E-state index in [4.69, 9.17) is 0 Å². The van der Waals surface area contributed by atoms with Crippen LogP contribution in [0.2, 0.25) is 0 Å². The van der Waals surface area contributed by atoms with E-state index in [1.54, 1.807) is 6.92 Å². The van der Waals surface area contributed by atoms with Gasteiger partial charge in [0.15, 0.2) is 0 Å². The van der Waals surface area contributed by atoms with E-state index >= 15 is 0 Å². The van der Waals surface area contributed by atoms with E-state index in [1.165, 1.54) is 4.90 Å². The monoisotopic (exact) mass is 289 g/mol. The molecule has 0 fully saturated rings. The summed E-state index contributed by atoms with van der Waals surface area (Å²) in [6.07, 6.45) is -2.23. The molecule has 0 aliphatic carbocycles. The average molecular weight is 290 g/mol. The molecule has 0 rings (SSSR count). The fourth-order valence-corrected chi connectivity index (χ4v) is 2.12. The van der Waals surface area contributed by atoms with Gasteiger partial charge in [-0.15, -0.1) is 0 Å². The minimum atomic E-state index is -4.07. The van der Waals surface area contributed by atoms with Gasteiger partial charge in [0.2, 0.25) is 0 Å². The molecule has 0 bridgehead atoms. The molecule has 92 valence electrons. The van der Waals surface area contributed by atoms with Crippen LogP contribution >= 0.6 is 15.9 Å². The van der Waals surface area contributed by atoms with Gasteiger partial charge >= 0.3 is 6.18 Å². The summed E-state index contributed by atoms with van der Waals surface area (Å²) < 4.78 is 36.3. The quantitative estimate of drug-likeness (QED) is 0.646. The van der Waals surface area contributed by atoms with Crippen LogP contribution in [0.15, 0.2) is 0 Å². The Morgan fingerprint density at radius 1 is 1.27 bits per heavy atom. The van der Waals surface area contributed by atoms with Crippen molar-refractivity contribution in [3.63, 3.8) is 0 Å².